The van der Waals surface area contributed by atoms with Crippen molar-refractivity contribution in [2.75, 3.05) is 5.32 Å². The van der Waals surface area contributed by atoms with Crippen LogP contribution in [0.5, 0.6) is 0 Å². The van der Waals surface area contributed by atoms with E-state index in [1.807, 2.05) is 6.07 Å². The molecule has 0 atom stereocenters. The predicted octanol–water partition coefficient (Wildman–Crippen LogP) is 3.60. The lowest BCUT2D eigenvalue weighted by Gasteiger charge is -2.06. The van der Waals surface area contributed by atoms with Gasteiger partial charge in [-0.05, 0) is 36.4 Å². The summed E-state index contributed by atoms with van der Waals surface area (Å²) in [6.45, 7) is 0. The lowest BCUT2D eigenvalue weighted by atomic mass is 10.1. The van der Waals surface area contributed by atoms with Crippen LogP contribution in [0.3, 0.4) is 0 Å². The maximum atomic E-state index is 13.5. The summed E-state index contributed by atoms with van der Waals surface area (Å²) in [5.41, 5.74) is 0.689. The highest BCUT2D eigenvalue weighted by atomic mass is 35.5. The summed E-state index contributed by atoms with van der Waals surface area (Å²) in [5, 5.41) is 11.4. The zero-order valence-electron chi connectivity index (χ0n) is 9.65. The van der Waals surface area contributed by atoms with E-state index in [-0.39, 0.29) is 16.3 Å². The van der Waals surface area contributed by atoms with Crippen LogP contribution >= 0.6 is 11.6 Å². The van der Waals surface area contributed by atoms with Crippen LogP contribution in [0.15, 0.2) is 42.5 Å². The predicted molar refractivity (Wildman–Crippen MR) is 70.5 cm³/mol. The van der Waals surface area contributed by atoms with Crippen LogP contribution < -0.4 is 5.32 Å². The Morgan fingerprint density at radius 1 is 1.26 bits per heavy atom. The minimum atomic E-state index is -0.614. The fraction of sp³-hybridized carbons (Fsp3) is 0. The van der Waals surface area contributed by atoms with Crippen LogP contribution in [-0.2, 0) is 0 Å². The first kappa shape index (κ1) is 13.1. The Bertz CT molecular complexity index is 679. The van der Waals surface area contributed by atoms with E-state index in [0.717, 1.165) is 6.07 Å². The second-order valence-corrected chi connectivity index (χ2v) is 4.21. The third-order valence-electron chi connectivity index (χ3n) is 2.43. The minimum Gasteiger partial charge on any atom is -0.319 e. The van der Waals surface area contributed by atoms with Crippen molar-refractivity contribution in [1.82, 2.24) is 0 Å². The molecule has 0 saturated heterocycles. The Morgan fingerprint density at radius 3 is 2.74 bits per heavy atom. The molecule has 1 amide bonds. The van der Waals surface area contributed by atoms with E-state index in [0.29, 0.717) is 5.56 Å². The first-order chi connectivity index (χ1) is 9.10. The van der Waals surface area contributed by atoms with Crippen molar-refractivity contribution in [1.29, 1.82) is 5.26 Å². The lowest BCUT2D eigenvalue weighted by Crippen LogP contribution is -2.13. The topological polar surface area (TPSA) is 52.9 Å². The molecule has 0 unspecified atom stereocenters. The summed E-state index contributed by atoms with van der Waals surface area (Å²) in [6, 6.07) is 12.1. The number of hydrogen-bond acceptors (Lipinski definition) is 2. The van der Waals surface area contributed by atoms with Gasteiger partial charge in [-0.25, -0.2) is 4.39 Å². The van der Waals surface area contributed by atoms with E-state index in [1.165, 1.54) is 18.2 Å². The Labute approximate surface area is 114 Å². The molecule has 0 aliphatic rings. The maximum absolute atomic E-state index is 13.5. The van der Waals surface area contributed by atoms with E-state index in [2.05, 4.69) is 5.32 Å². The van der Waals surface area contributed by atoms with Crippen LogP contribution in [0.2, 0.25) is 5.02 Å². The largest absolute Gasteiger partial charge is 0.319 e. The van der Waals surface area contributed by atoms with Gasteiger partial charge in [0.25, 0.3) is 5.91 Å². The van der Waals surface area contributed by atoms with Crippen molar-refractivity contribution >= 4 is 23.2 Å². The van der Waals surface area contributed by atoms with Crippen LogP contribution in [0.4, 0.5) is 10.1 Å². The van der Waals surface area contributed by atoms with Gasteiger partial charge in [0, 0.05) is 10.6 Å². The zero-order chi connectivity index (χ0) is 13.8. The van der Waals surface area contributed by atoms with Crippen molar-refractivity contribution in [2.45, 2.75) is 0 Å². The van der Waals surface area contributed by atoms with E-state index < -0.39 is 11.7 Å². The number of nitrogens with one attached hydrogen (secondary N) is 1. The molecule has 5 heteroatoms. The average molecular weight is 275 g/mol. The number of nitrogens with zero attached hydrogens (tertiary/aromatic N) is 1. The molecule has 0 spiro atoms. The highest BCUT2D eigenvalue weighted by Crippen LogP contribution is 2.19. The van der Waals surface area contributed by atoms with Gasteiger partial charge in [-0.3, -0.25) is 4.79 Å². The molecular weight excluding hydrogens is 267 g/mol. The van der Waals surface area contributed by atoms with Gasteiger partial charge in [-0.1, -0.05) is 17.7 Å². The van der Waals surface area contributed by atoms with Crippen molar-refractivity contribution in [3.8, 4) is 6.07 Å². The lowest BCUT2D eigenvalue weighted by molar-refractivity contribution is 0.102. The molecule has 0 bridgehead atoms. The molecule has 0 saturated carbocycles. The molecule has 3 nitrogen and oxygen atoms in total. The number of anilines is 1. The van der Waals surface area contributed by atoms with Gasteiger partial charge >= 0.3 is 0 Å². The maximum Gasteiger partial charge on any atom is 0.255 e. The van der Waals surface area contributed by atoms with Crippen LogP contribution in [0.25, 0.3) is 0 Å². The van der Waals surface area contributed by atoms with Gasteiger partial charge in [0.15, 0.2) is 0 Å². The Morgan fingerprint density at radius 2 is 2.05 bits per heavy atom. The highest BCUT2D eigenvalue weighted by molar-refractivity contribution is 6.30. The molecule has 2 rings (SSSR count). The number of carbonyl (C=O) groups is 1. The standard InChI is InChI=1S/C14H8ClFN2O/c15-11-4-5-13(12(16)7-11)18-14(19)10-3-1-2-9(6-10)8-17/h1-7H,(H,18,19). The molecule has 1 N–H and O–H groups in total. The SMILES string of the molecule is N#Cc1cccc(C(=O)Nc2ccc(Cl)cc2F)c1. The summed E-state index contributed by atoms with van der Waals surface area (Å²) < 4.78 is 13.5. The highest BCUT2D eigenvalue weighted by Gasteiger charge is 2.10. The summed E-state index contributed by atoms with van der Waals surface area (Å²) in [5.74, 6) is -1.10. The molecule has 2 aromatic rings. The average Bonchev–Trinajstić information content (AvgIpc) is 2.42. The quantitative estimate of drug-likeness (QED) is 0.909. The van der Waals surface area contributed by atoms with E-state index >= 15 is 0 Å². The van der Waals surface area contributed by atoms with Crippen LogP contribution in [-0.4, -0.2) is 5.91 Å². The van der Waals surface area contributed by atoms with Crippen LogP contribution in [0, 0.1) is 17.1 Å². The van der Waals surface area contributed by atoms with Crippen molar-refractivity contribution < 1.29 is 9.18 Å². The summed E-state index contributed by atoms with van der Waals surface area (Å²) in [6.07, 6.45) is 0. The minimum absolute atomic E-state index is 0.0387. The fourth-order valence-corrected chi connectivity index (χ4v) is 1.67. The van der Waals surface area contributed by atoms with E-state index in [4.69, 9.17) is 16.9 Å². The molecule has 19 heavy (non-hydrogen) atoms. The zero-order valence-corrected chi connectivity index (χ0v) is 10.4. The Kier molecular flexibility index (Phi) is 3.79. The molecule has 0 aliphatic carbocycles. The Balaban J connectivity index is 2.23. The van der Waals surface area contributed by atoms with E-state index in [9.17, 15) is 9.18 Å². The third-order valence-corrected chi connectivity index (χ3v) is 2.67. The Hall–Kier alpha value is -2.38. The molecule has 0 fully saturated rings. The van der Waals surface area contributed by atoms with Crippen molar-refractivity contribution in [3.05, 3.63) is 64.4 Å². The molecule has 0 radical (unpaired) electrons. The third kappa shape index (κ3) is 3.09. The number of nitriles is 1. The second-order valence-electron chi connectivity index (χ2n) is 3.77. The monoisotopic (exact) mass is 274 g/mol. The van der Waals surface area contributed by atoms with Crippen LogP contribution in [0.1, 0.15) is 15.9 Å². The first-order valence-corrected chi connectivity index (χ1v) is 5.74. The molecule has 0 aromatic heterocycles. The molecular formula is C14H8ClFN2O. The van der Waals surface area contributed by atoms with Gasteiger partial charge in [-0.2, -0.15) is 5.26 Å². The molecule has 0 heterocycles. The normalized spacial score (nSPS) is 9.74. The summed E-state index contributed by atoms with van der Waals surface area (Å²) >= 11 is 5.62. The number of benzene rings is 2. The summed E-state index contributed by atoms with van der Waals surface area (Å²) in [7, 11) is 0. The number of carbonyl (C=O) groups excluding carboxylic acids is 1. The fourth-order valence-electron chi connectivity index (χ4n) is 1.52. The number of amides is 1. The van der Waals surface area contributed by atoms with Crippen molar-refractivity contribution in [3.63, 3.8) is 0 Å². The second kappa shape index (κ2) is 5.51. The van der Waals surface area contributed by atoms with Gasteiger partial charge < -0.3 is 5.32 Å². The molecule has 2 aromatic carbocycles. The molecule has 0 aliphatic heterocycles. The smallest absolute Gasteiger partial charge is 0.255 e. The van der Waals surface area contributed by atoms with Gasteiger partial charge in [0.2, 0.25) is 0 Å². The number of hydrogen-bond donors (Lipinski definition) is 1. The number of rotatable bonds is 2. The van der Waals surface area contributed by atoms with Gasteiger partial charge in [0.1, 0.15) is 5.82 Å². The van der Waals surface area contributed by atoms with E-state index in [1.54, 1.807) is 18.2 Å². The van der Waals surface area contributed by atoms with Crippen molar-refractivity contribution in [2.24, 2.45) is 0 Å². The molecule has 94 valence electrons. The van der Waals surface area contributed by atoms with Gasteiger partial charge in [-0.15, -0.1) is 0 Å². The summed E-state index contributed by atoms with van der Waals surface area (Å²) in [4.78, 5) is 11.9. The number of halogens is 2. The van der Waals surface area contributed by atoms with Gasteiger partial charge in [0.05, 0.1) is 17.3 Å². The first-order valence-electron chi connectivity index (χ1n) is 5.37.